The van der Waals surface area contributed by atoms with Crippen LogP contribution in [0.2, 0.25) is 0 Å². The number of hydrogen-bond acceptors (Lipinski definition) is 2. The van der Waals surface area contributed by atoms with E-state index in [-0.39, 0.29) is 5.41 Å². The number of hydrogen-bond donors (Lipinski definition) is 1. The van der Waals surface area contributed by atoms with Gasteiger partial charge in [-0.05, 0) is 18.4 Å². The largest absolute Gasteiger partial charge is 0.330 e. The van der Waals surface area contributed by atoms with Crippen LogP contribution in [0.15, 0.2) is 25.3 Å². The minimum Gasteiger partial charge on any atom is -0.330 e. The molecule has 0 aromatic carbocycles. The molecule has 0 amide bonds. The summed E-state index contributed by atoms with van der Waals surface area (Å²) in [6, 6.07) is 0. The molecule has 0 bridgehead atoms. The lowest BCUT2D eigenvalue weighted by Crippen LogP contribution is -2.40. The van der Waals surface area contributed by atoms with E-state index in [9.17, 15) is 0 Å². The zero-order valence-corrected chi connectivity index (χ0v) is 9.63. The second kappa shape index (κ2) is 6.80. The van der Waals surface area contributed by atoms with Crippen molar-refractivity contribution in [3.8, 4) is 0 Å². The highest BCUT2D eigenvalue weighted by molar-refractivity contribution is 4.85. The van der Waals surface area contributed by atoms with Gasteiger partial charge in [0, 0.05) is 19.6 Å². The maximum Gasteiger partial charge on any atom is 0.0164 e. The van der Waals surface area contributed by atoms with Crippen LogP contribution in [-0.2, 0) is 0 Å². The maximum atomic E-state index is 5.78. The number of rotatable bonds is 8. The van der Waals surface area contributed by atoms with Gasteiger partial charge in [-0.2, -0.15) is 0 Å². The van der Waals surface area contributed by atoms with Crippen LogP contribution in [0.5, 0.6) is 0 Å². The van der Waals surface area contributed by atoms with Gasteiger partial charge < -0.3 is 5.73 Å². The molecule has 0 heterocycles. The molecule has 0 saturated heterocycles. The minimum atomic E-state index is 0.214. The molecule has 0 aromatic rings. The van der Waals surface area contributed by atoms with Crippen molar-refractivity contribution in [1.29, 1.82) is 0 Å². The van der Waals surface area contributed by atoms with Gasteiger partial charge in [0.05, 0.1) is 0 Å². The van der Waals surface area contributed by atoms with Gasteiger partial charge in [0.1, 0.15) is 0 Å². The molecule has 0 radical (unpaired) electrons. The summed E-state index contributed by atoms with van der Waals surface area (Å²) in [4.78, 5) is 2.32. The highest BCUT2D eigenvalue weighted by Gasteiger charge is 2.22. The predicted molar refractivity (Wildman–Crippen MR) is 64.3 cm³/mol. The van der Waals surface area contributed by atoms with E-state index in [4.69, 9.17) is 5.73 Å². The average Bonchev–Trinajstić information content (AvgIpc) is 2.18. The lowest BCUT2D eigenvalue weighted by molar-refractivity contribution is 0.190. The van der Waals surface area contributed by atoms with Crippen molar-refractivity contribution in [1.82, 2.24) is 4.90 Å². The van der Waals surface area contributed by atoms with Crippen molar-refractivity contribution < 1.29 is 0 Å². The van der Waals surface area contributed by atoms with Crippen molar-refractivity contribution >= 4 is 0 Å². The SMILES string of the molecule is C=CCN(CC=C)CC(C)(CC)CN. The molecule has 0 aliphatic carbocycles. The topological polar surface area (TPSA) is 29.3 Å². The van der Waals surface area contributed by atoms with Gasteiger partial charge in [-0.1, -0.05) is 26.0 Å². The van der Waals surface area contributed by atoms with Crippen LogP contribution in [0.1, 0.15) is 20.3 Å². The van der Waals surface area contributed by atoms with E-state index < -0.39 is 0 Å². The molecule has 0 aromatic heterocycles. The molecule has 0 fully saturated rings. The molecule has 1 unspecified atom stereocenters. The Morgan fingerprint density at radius 1 is 1.29 bits per heavy atom. The predicted octanol–water partition coefficient (Wildman–Crippen LogP) is 2.04. The van der Waals surface area contributed by atoms with E-state index in [0.29, 0.717) is 0 Å². The minimum absolute atomic E-state index is 0.214. The third-order valence-electron chi connectivity index (χ3n) is 2.73. The second-order valence-corrected chi connectivity index (χ2v) is 4.14. The van der Waals surface area contributed by atoms with Gasteiger partial charge in [-0.25, -0.2) is 0 Å². The van der Waals surface area contributed by atoms with Gasteiger partial charge in [-0.15, -0.1) is 13.2 Å². The lowest BCUT2D eigenvalue weighted by Gasteiger charge is -2.32. The zero-order valence-electron chi connectivity index (χ0n) is 9.63. The van der Waals surface area contributed by atoms with Crippen molar-refractivity contribution in [2.24, 2.45) is 11.1 Å². The number of nitrogens with two attached hydrogens (primary N) is 1. The molecule has 0 rings (SSSR count). The molecule has 0 saturated carbocycles. The Morgan fingerprint density at radius 2 is 1.79 bits per heavy atom. The van der Waals surface area contributed by atoms with Crippen LogP contribution < -0.4 is 5.73 Å². The van der Waals surface area contributed by atoms with Gasteiger partial charge >= 0.3 is 0 Å². The van der Waals surface area contributed by atoms with Crippen LogP contribution in [0.3, 0.4) is 0 Å². The van der Waals surface area contributed by atoms with Gasteiger partial charge in [0.2, 0.25) is 0 Å². The molecule has 2 N–H and O–H groups in total. The summed E-state index contributed by atoms with van der Waals surface area (Å²) in [5.74, 6) is 0. The average molecular weight is 196 g/mol. The van der Waals surface area contributed by atoms with E-state index in [2.05, 4.69) is 31.9 Å². The van der Waals surface area contributed by atoms with Crippen molar-refractivity contribution in [3.63, 3.8) is 0 Å². The summed E-state index contributed by atoms with van der Waals surface area (Å²) in [6.07, 6.45) is 4.96. The van der Waals surface area contributed by atoms with Gasteiger partial charge in [0.15, 0.2) is 0 Å². The Kier molecular flexibility index (Phi) is 6.50. The lowest BCUT2D eigenvalue weighted by atomic mass is 9.87. The van der Waals surface area contributed by atoms with Crippen LogP contribution in [0, 0.1) is 5.41 Å². The van der Waals surface area contributed by atoms with Crippen molar-refractivity contribution in [2.75, 3.05) is 26.2 Å². The summed E-state index contributed by atoms with van der Waals surface area (Å²) in [5, 5.41) is 0. The van der Waals surface area contributed by atoms with E-state index in [1.165, 1.54) is 0 Å². The fourth-order valence-corrected chi connectivity index (χ4v) is 1.43. The molecule has 82 valence electrons. The molecule has 14 heavy (non-hydrogen) atoms. The molecule has 0 aliphatic rings. The van der Waals surface area contributed by atoms with E-state index >= 15 is 0 Å². The van der Waals surface area contributed by atoms with Crippen LogP contribution >= 0.6 is 0 Å². The Hall–Kier alpha value is -0.600. The first kappa shape index (κ1) is 13.4. The first-order chi connectivity index (χ1) is 6.61. The Bertz CT molecular complexity index is 161. The fourth-order valence-electron chi connectivity index (χ4n) is 1.43. The first-order valence-electron chi connectivity index (χ1n) is 5.26. The summed E-state index contributed by atoms with van der Waals surface area (Å²) >= 11 is 0. The first-order valence-corrected chi connectivity index (χ1v) is 5.26. The van der Waals surface area contributed by atoms with E-state index in [0.717, 1.165) is 32.6 Å². The highest BCUT2D eigenvalue weighted by atomic mass is 15.1. The van der Waals surface area contributed by atoms with Crippen molar-refractivity contribution in [2.45, 2.75) is 20.3 Å². The summed E-state index contributed by atoms with van der Waals surface area (Å²) < 4.78 is 0. The second-order valence-electron chi connectivity index (χ2n) is 4.14. The smallest absolute Gasteiger partial charge is 0.0164 e. The Balaban J connectivity index is 4.23. The van der Waals surface area contributed by atoms with Crippen molar-refractivity contribution in [3.05, 3.63) is 25.3 Å². The molecule has 2 nitrogen and oxygen atoms in total. The normalized spacial score (nSPS) is 15.1. The summed E-state index contributed by atoms with van der Waals surface area (Å²) in [5.41, 5.74) is 5.99. The summed E-state index contributed by atoms with van der Waals surface area (Å²) in [7, 11) is 0. The quantitative estimate of drug-likeness (QED) is 0.602. The third-order valence-corrected chi connectivity index (χ3v) is 2.73. The number of nitrogens with zero attached hydrogens (tertiary/aromatic N) is 1. The molecular weight excluding hydrogens is 172 g/mol. The van der Waals surface area contributed by atoms with Gasteiger partial charge in [-0.3, -0.25) is 4.90 Å². The Morgan fingerprint density at radius 3 is 2.07 bits per heavy atom. The maximum absolute atomic E-state index is 5.78. The molecule has 0 aliphatic heterocycles. The molecule has 2 heteroatoms. The highest BCUT2D eigenvalue weighted by Crippen LogP contribution is 2.20. The standard InChI is InChI=1S/C12H24N2/c1-5-8-14(9-6-2)11-12(4,7-3)10-13/h5-6H,1-2,7-11,13H2,3-4H3. The van der Waals surface area contributed by atoms with Gasteiger partial charge in [0.25, 0.3) is 0 Å². The zero-order chi connectivity index (χ0) is 11.0. The molecular formula is C12H24N2. The van der Waals surface area contributed by atoms with Crippen LogP contribution in [0.4, 0.5) is 0 Å². The summed E-state index contributed by atoms with van der Waals surface area (Å²) in [6.45, 7) is 15.5. The van der Waals surface area contributed by atoms with Crippen LogP contribution in [-0.4, -0.2) is 31.1 Å². The Labute approximate surface area is 88.5 Å². The fraction of sp³-hybridized carbons (Fsp3) is 0.667. The molecule has 1 atom stereocenters. The molecule has 0 spiro atoms. The van der Waals surface area contributed by atoms with E-state index in [1.54, 1.807) is 0 Å². The van der Waals surface area contributed by atoms with Crippen LogP contribution in [0.25, 0.3) is 0 Å². The third kappa shape index (κ3) is 4.58. The monoisotopic (exact) mass is 196 g/mol. The van der Waals surface area contributed by atoms with E-state index in [1.807, 2.05) is 12.2 Å².